The van der Waals surface area contributed by atoms with Crippen molar-refractivity contribution in [2.45, 2.75) is 25.5 Å². The van der Waals surface area contributed by atoms with Crippen molar-refractivity contribution in [3.63, 3.8) is 0 Å². The first-order valence-corrected chi connectivity index (χ1v) is 4.85. The van der Waals surface area contributed by atoms with Crippen molar-refractivity contribution < 1.29 is 19.8 Å². The lowest BCUT2D eigenvalue weighted by molar-refractivity contribution is -0.0394. The molecule has 15 heavy (non-hydrogen) atoms. The fourth-order valence-corrected chi connectivity index (χ4v) is 1.38. The third kappa shape index (κ3) is 4.94. The van der Waals surface area contributed by atoms with Gasteiger partial charge in [0.2, 0.25) is 0 Å². The fourth-order valence-electron chi connectivity index (χ4n) is 1.38. The molecule has 1 aromatic rings. The van der Waals surface area contributed by atoms with Gasteiger partial charge in [-0.1, -0.05) is 0 Å². The summed E-state index contributed by atoms with van der Waals surface area (Å²) in [5, 5.41) is 25.6. The molecule has 7 heteroatoms. The molecule has 1 atom stereocenters. The zero-order valence-corrected chi connectivity index (χ0v) is 8.36. The summed E-state index contributed by atoms with van der Waals surface area (Å²) in [6.45, 7) is 0.879. The minimum atomic E-state index is -2.17. The van der Waals surface area contributed by atoms with E-state index in [9.17, 15) is 0 Å². The van der Waals surface area contributed by atoms with Gasteiger partial charge in [-0.25, -0.2) is 4.68 Å². The topological polar surface area (TPSA) is 87.7 Å². The van der Waals surface area contributed by atoms with Crippen LogP contribution in [0.5, 0.6) is 0 Å². The predicted molar refractivity (Wildman–Crippen MR) is 53.5 cm³/mol. The number of hydrogen-bond donors (Lipinski definition) is 3. The van der Waals surface area contributed by atoms with E-state index in [0.29, 0.717) is 0 Å². The van der Waals surface area contributed by atoms with Gasteiger partial charge in [-0.3, -0.25) is 0 Å². The number of ether oxygens (including phenoxy) is 1. The van der Waals surface area contributed by atoms with Crippen LogP contribution in [-0.4, -0.2) is 38.8 Å². The molecule has 1 saturated heterocycles. The number of nitrogens with zero attached hydrogens (tertiary/aromatic N) is 2. The lowest BCUT2D eigenvalue weighted by Gasteiger charge is -2.22. The second kappa shape index (κ2) is 6.57. The van der Waals surface area contributed by atoms with Crippen LogP contribution in [0.2, 0.25) is 0 Å². The van der Waals surface area contributed by atoms with Crippen LogP contribution in [-0.2, 0) is 4.74 Å². The molecule has 1 fully saturated rings. The van der Waals surface area contributed by atoms with Crippen molar-refractivity contribution in [3.05, 3.63) is 18.5 Å². The van der Waals surface area contributed by atoms with Crippen molar-refractivity contribution in [1.82, 2.24) is 9.78 Å². The van der Waals surface area contributed by atoms with Gasteiger partial charge in [-0.15, -0.1) is 0 Å². The minimum absolute atomic E-state index is 0.193. The Labute approximate surface area is 88.3 Å². The smallest absolute Gasteiger partial charge is 0.402 e. The molecule has 1 aliphatic heterocycles. The van der Waals surface area contributed by atoms with Gasteiger partial charge in [0.15, 0.2) is 0 Å². The molecule has 84 valence electrons. The summed E-state index contributed by atoms with van der Waals surface area (Å²) in [6.07, 6.45) is 7.48. The highest BCUT2D eigenvalue weighted by atomic mass is 16.5. The number of hydrogen-bond acceptors (Lipinski definition) is 5. The van der Waals surface area contributed by atoms with Gasteiger partial charge >= 0.3 is 7.32 Å². The van der Waals surface area contributed by atoms with E-state index in [1.165, 1.54) is 12.8 Å². The Morgan fingerprint density at radius 3 is 2.53 bits per heavy atom. The van der Waals surface area contributed by atoms with Gasteiger partial charge in [-0.05, 0) is 25.3 Å². The van der Waals surface area contributed by atoms with Crippen molar-refractivity contribution in [2.24, 2.45) is 0 Å². The highest BCUT2D eigenvalue weighted by Gasteiger charge is 2.14. The Bertz CT molecular complexity index is 246. The van der Waals surface area contributed by atoms with Crippen molar-refractivity contribution in [3.8, 4) is 0 Å². The highest BCUT2D eigenvalue weighted by molar-refractivity contribution is 6.30. The first-order chi connectivity index (χ1) is 7.20. The van der Waals surface area contributed by atoms with Gasteiger partial charge in [0.05, 0.1) is 0 Å². The van der Waals surface area contributed by atoms with Crippen molar-refractivity contribution in [1.29, 1.82) is 0 Å². The Morgan fingerprint density at radius 1 is 1.33 bits per heavy atom. The van der Waals surface area contributed by atoms with Crippen LogP contribution in [0.4, 0.5) is 0 Å². The van der Waals surface area contributed by atoms with Crippen LogP contribution < -0.4 is 0 Å². The summed E-state index contributed by atoms with van der Waals surface area (Å²) in [7, 11) is -2.17. The summed E-state index contributed by atoms with van der Waals surface area (Å²) in [4.78, 5) is 0. The lowest BCUT2D eigenvalue weighted by Crippen LogP contribution is -2.18. The Morgan fingerprint density at radius 2 is 2.07 bits per heavy atom. The van der Waals surface area contributed by atoms with E-state index < -0.39 is 7.32 Å². The van der Waals surface area contributed by atoms with Gasteiger partial charge in [-0.2, -0.15) is 5.10 Å². The van der Waals surface area contributed by atoms with E-state index in [2.05, 4.69) is 5.10 Å². The van der Waals surface area contributed by atoms with E-state index >= 15 is 0 Å². The lowest BCUT2D eigenvalue weighted by atomic mass is 10.2. The zero-order chi connectivity index (χ0) is 11.1. The first kappa shape index (κ1) is 12.2. The maximum Gasteiger partial charge on any atom is 0.631 e. The van der Waals surface area contributed by atoms with Crippen LogP contribution in [0.25, 0.3) is 0 Å². The van der Waals surface area contributed by atoms with Crippen LogP contribution in [0.3, 0.4) is 0 Å². The third-order valence-electron chi connectivity index (χ3n) is 1.98. The summed E-state index contributed by atoms with van der Waals surface area (Å²) >= 11 is 0. The standard InChI is InChI=1S/C8H12N2O.BH3O3/c1-2-7-11-8(4-1)10-6-3-5-9-10;2-1(3)4/h3,5-6,8H,1-2,4,7H2;2-4H. The van der Waals surface area contributed by atoms with E-state index in [1.54, 1.807) is 6.20 Å². The van der Waals surface area contributed by atoms with Gasteiger partial charge < -0.3 is 19.8 Å². The molecule has 0 aliphatic carbocycles. The summed E-state index contributed by atoms with van der Waals surface area (Å²) in [6, 6.07) is 1.93. The van der Waals surface area contributed by atoms with Crippen molar-refractivity contribution >= 4 is 7.32 Å². The van der Waals surface area contributed by atoms with Crippen LogP contribution in [0.1, 0.15) is 25.5 Å². The molecule has 0 bridgehead atoms. The summed E-state index contributed by atoms with van der Waals surface area (Å²) in [5.74, 6) is 0. The maximum atomic E-state index is 7.17. The van der Waals surface area contributed by atoms with Gasteiger partial charge in [0, 0.05) is 19.0 Å². The molecule has 3 N–H and O–H groups in total. The maximum absolute atomic E-state index is 7.17. The average molecular weight is 214 g/mol. The van der Waals surface area contributed by atoms with Crippen LogP contribution in [0, 0.1) is 0 Å². The summed E-state index contributed by atoms with van der Waals surface area (Å²) in [5.41, 5.74) is 0. The fraction of sp³-hybridized carbons (Fsp3) is 0.625. The molecule has 0 radical (unpaired) electrons. The molecule has 1 aliphatic rings. The largest absolute Gasteiger partial charge is 0.631 e. The van der Waals surface area contributed by atoms with Gasteiger partial charge in [0.1, 0.15) is 6.23 Å². The van der Waals surface area contributed by atoms with Crippen molar-refractivity contribution in [2.75, 3.05) is 6.61 Å². The molecule has 0 spiro atoms. The average Bonchev–Trinajstić information content (AvgIpc) is 2.71. The van der Waals surface area contributed by atoms with E-state index in [-0.39, 0.29) is 6.23 Å². The van der Waals surface area contributed by atoms with E-state index in [0.717, 1.165) is 13.0 Å². The second-order valence-electron chi connectivity index (χ2n) is 3.15. The van der Waals surface area contributed by atoms with Crippen LogP contribution in [0.15, 0.2) is 18.5 Å². The Kier molecular flexibility index (Phi) is 5.34. The normalized spacial score (nSPS) is 20.3. The molecule has 0 saturated carbocycles. The quantitative estimate of drug-likeness (QED) is 0.550. The van der Waals surface area contributed by atoms with E-state index in [1.807, 2.05) is 16.9 Å². The molecule has 2 rings (SSSR count). The molecule has 1 unspecified atom stereocenters. The molecule has 1 aromatic heterocycles. The van der Waals surface area contributed by atoms with Crippen LogP contribution >= 0.6 is 0 Å². The molecule has 6 nitrogen and oxygen atoms in total. The molecular formula is C8H15BN2O4. The second-order valence-corrected chi connectivity index (χ2v) is 3.15. The molecular weight excluding hydrogens is 199 g/mol. The van der Waals surface area contributed by atoms with E-state index in [4.69, 9.17) is 19.8 Å². The Hall–Kier alpha value is -0.885. The monoisotopic (exact) mass is 214 g/mol. The minimum Gasteiger partial charge on any atom is -0.402 e. The zero-order valence-electron chi connectivity index (χ0n) is 8.36. The number of rotatable bonds is 1. The molecule has 0 amide bonds. The molecule has 0 aromatic carbocycles. The molecule has 2 heterocycles. The van der Waals surface area contributed by atoms with Gasteiger partial charge in [0.25, 0.3) is 0 Å². The third-order valence-corrected chi connectivity index (χ3v) is 1.98. The number of aromatic nitrogens is 2. The first-order valence-electron chi connectivity index (χ1n) is 4.85. The predicted octanol–water partition coefficient (Wildman–Crippen LogP) is -0.470. The highest BCUT2D eigenvalue weighted by Crippen LogP contribution is 2.20. The Balaban J connectivity index is 0.000000245. The summed E-state index contributed by atoms with van der Waals surface area (Å²) < 4.78 is 7.41. The SMILES string of the molecule is OB(O)O.c1cnn(C2CCCCO2)c1.